The maximum atomic E-state index is 13.5. The van der Waals surface area contributed by atoms with Gasteiger partial charge in [-0.15, -0.1) is 0 Å². The minimum Gasteiger partial charge on any atom is -0.457 e. The number of imidazole rings is 1. The summed E-state index contributed by atoms with van der Waals surface area (Å²) in [4.78, 5) is 34.0. The summed E-state index contributed by atoms with van der Waals surface area (Å²) in [6, 6.07) is 11.2. The first-order valence-electron chi connectivity index (χ1n) is 13.5. The molecule has 4 aromatic rings. The molecule has 1 aromatic carbocycles. The minimum absolute atomic E-state index is 0.0451. The molecule has 39 heavy (non-hydrogen) atoms. The number of nitrogens with one attached hydrogen (secondary N) is 1. The number of aromatic nitrogens is 4. The van der Waals surface area contributed by atoms with Gasteiger partial charge in [-0.25, -0.2) is 4.98 Å². The number of aryl methyl sites for hydroxylation is 1. The minimum atomic E-state index is -0.0451. The summed E-state index contributed by atoms with van der Waals surface area (Å²) in [7, 11) is 3.66. The number of carbonyl (C=O) groups is 1. The van der Waals surface area contributed by atoms with Crippen LogP contribution in [0.1, 0.15) is 49.8 Å². The van der Waals surface area contributed by atoms with Gasteiger partial charge >= 0.3 is 0 Å². The van der Waals surface area contributed by atoms with Crippen LogP contribution in [0.5, 0.6) is 11.5 Å². The van der Waals surface area contributed by atoms with Crippen LogP contribution in [0.15, 0.2) is 53.6 Å². The molecule has 2 aliphatic rings. The molecule has 1 N–H and O–H groups in total. The number of carbonyl (C=O) groups excluding carboxylic acids is 1. The molecule has 0 saturated heterocycles. The van der Waals surface area contributed by atoms with Gasteiger partial charge < -0.3 is 23.9 Å². The predicted octanol–water partition coefficient (Wildman–Crippen LogP) is 5.10. The molecule has 6 rings (SSSR count). The van der Waals surface area contributed by atoms with E-state index >= 15 is 0 Å². The largest absolute Gasteiger partial charge is 0.457 e. The summed E-state index contributed by atoms with van der Waals surface area (Å²) in [5.41, 5.74) is 4.01. The summed E-state index contributed by atoms with van der Waals surface area (Å²) in [6.07, 6.45) is 8.61. The molecule has 0 radical (unpaired) electrons. The van der Waals surface area contributed by atoms with Crippen LogP contribution in [0, 0.1) is 5.92 Å². The summed E-state index contributed by atoms with van der Waals surface area (Å²) >= 11 is 0. The van der Waals surface area contributed by atoms with Gasteiger partial charge in [0.05, 0.1) is 22.8 Å². The van der Waals surface area contributed by atoms with Crippen molar-refractivity contribution in [2.45, 2.75) is 57.6 Å². The van der Waals surface area contributed by atoms with E-state index in [4.69, 9.17) is 14.5 Å². The Hall–Kier alpha value is -3.98. The quantitative estimate of drug-likeness (QED) is 0.306. The Morgan fingerprint density at radius 2 is 1.92 bits per heavy atom. The Morgan fingerprint density at radius 3 is 2.64 bits per heavy atom. The summed E-state index contributed by atoms with van der Waals surface area (Å²) in [5, 5.41) is 3.33. The van der Waals surface area contributed by atoms with Gasteiger partial charge in [0.1, 0.15) is 23.0 Å². The van der Waals surface area contributed by atoms with Crippen molar-refractivity contribution < 1.29 is 14.3 Å². The lowest BCUT2D eigenvalue weighted by atomic mass is 9.81. The number of nitrogens with zero attached hydrogens (tertiary/aromatic N) is 4. The summed E-state index contributed by atoms with van der Waals surface area (Å²) < 4.78 is 15.4. The highest BCUT2D eigenvalue weighted by Crippen LogP contribution is 2.41. The van der Waals surface area contributed by atoms with Gasteiger partial charge in [-0.2, -0.15) is 0 Å². The van der Waals surface area contributed by atoms with Gasteiger partial charge in [0.2, 0.25) is 5.95 Å². The van der Waals surface area contributed by atoms with Crippen molar-refractivity contribution in [2.24, 2.45) is 13.0 Å². The number of benzene rings is 1. The highest BCUT2D eigenvalue weighted by molar-refractivity contribution is 5.81. The maximum Gasteiger partial charge on any atom is 0.274 e. The molecule has 0 bridgehead atoms. The molecule has 0 amide bonds. The molecule has 2 aliphatic carbocycles. The van der Waals surface area contributed by atoms with E-state index in [1.54, 1.807) is 32.4 Å². The van der Waals surface area contributed by atoms with Crippen molar-refractivity contribution in [3.63, 3.8) is 0 Å². The van der Waals surface area contributed by atoms with Crippen LogP contribution in [0.2, 0.25) is 0 Å². The molecule has 3 heterocycles. The first kappa shape index (κ1) is 25.3. The van der Waals surface area contributed by atoms with Gasteiger partial charge in [0.25, 0.3) is 5.56 Å². The fourth-order valence-corrected chi connectivity index (χ4v) is 5.31. The standard InChI is InChI=1S/C30H33N5O4/c1-18(36)12-22-14-24(10-11-31-22)39-23-7-8-25-27(15-23)34(2)30(32-25)33-26-13-21(19-4-5-19)17-35(29(26)37)16-20-6-9-28(20)38-3/h7-8,10-11,13-15,17,19-20,28H,4-6,9,12,16H2,1-3H3,(H,32,33). The Labute approximate surface area is 226 Å². The first-order chi connectivity index (χ1) is 18.9. The third kappa shape index (κ3) is 5.31. The van der Waals surface area contributed by atoms with Crippen molar-refractivity contribution in [1.82, 2.24) is 19.1 Å². The number of fused-ring (bicyclic) bond motifs is 1. The lowest BCUT2D eigenvalue weighted by Crippen LogP contribution is -2.38. The molecule has 2 atom stereocenters. The number of hydrogen-bond acceptors (Lipinski definition) is 7. The molecular weight excluding hydrogens is 494 g/mol. The molecule has 2 fully saturated rings. The van der Waals surface area contributed by atoms with Gasteiger partial charge in [-0.05, 0) is 68.4 Å². The third-order valence-electron chi connectivity index (χ3n) is 7.79. The van der Waals surface area contributed by atoms with E-state index in [0.717, 1.165) is 36.7 Å². The smallest absolute Gasteiger partial charge is 0.274 e. The number of Topliss-reactive ketones (excluding diaryl/α,β-unsaturated/α-hetero) is 1. The van der Waals surface area contributed by atoms with E-state index in [1.807, 2.05) is 46.6 Å². The molecule has 9 nitrogen and oxygen atoms in total. The fraction of sp³-hybridized carbons (Fsp3) is 0.400. The first-order valence-corrected chi connectivity index (χ1v) is 13.5. The molecule has 2 saturated carbocycles. The molecule has 3 aromatic heterocycles. The number of rotatable bonds is 10. The predicted molar refractivity (Wildman–Crippen MR) is 149 cm³/mol. The zero-order chi connectivity index (χ0) is 27.1. The van der Waals surface area contributed by atoms with E-state index in [-0.39, 0.29) is 23.9 Å². The Balaban J connectivity index is 1.27. The SMILES string of the molecule is COC1CCC1Cn1cc(C2CC2)cc(Nc2nc3ccc(Oc4ccnc(CC(C)=O)c4)cc3n2C)c1=O. The van der Waals surface area contributed by atoms with Crippen LogP contribution in [0.25, 0.3) is 11.0 Å². The van der Waals surface area contributed by atoms with Gasteiger partial charge in [0.15, 0.2) is 0 Å². The van der Waals surface area contributed by atoms with E-state index in [1.165, 1.54) is 5.56 Å². The zero-order valence-electron chi connectivity index (χ0n) is 22.5. The average Bonchev–Trinajstić information content (AvgIpc) is 3.69. The van der Waals surface area contributed by atoms with Crippen LogP contribution < -0.4 is 15.6 Å². The number of methoxy groups -OCH3 is 1. The second kappa shape index (κ2) is 10.3. The van der Waals surface area contributed by atoms with Crippen molar-refractivity contribution >= 4 is 28.5 Å². The lowest BCUT2D eigenvalue weighted by molar-refractivity contribution is -0.116. The molecule has 2 unspecified atom stereocenters. The zero-order valence-corrected chi connectivity index (χ0v) is 22.5. The molecule has 202 valence electrons. The van der Waals surface area contributed by atoms with Crippen molar-refractivity contribution in [3.05, 3.63) is 70.4 Å². The Morgan fingerprint density at radius 1 is 1.10 bits per heavy atom. The Kier molecular flexibility index (Phi) is 6.68. The summed E-state index contributed by atoms with van der Waals surface area (Å²) in [6.45, 7) is 2.21. The van der Waals surface area contributed by atoms with Crippen LogP contribution in [0.4, 0.5) is 11.6 Å². The second-order valence-corrected chi connectivity index (χ2v) is 10.8. The summed E-state index contributed by atoms with van der Waals surface area (Å²) in [5.74, 6) is 2.77. The van der Waals surface area contributed by atoms with Crippen molar-refractivity contribution in [2.75, 3.05) is 12.4 Å². The van der Waals surface area contributed by atoms with Gasteiger partial charge in [-0.1, -0.05) is 0 Å². The van der Waals surface area contributed by atoms with Gasteiger partial charge in [0, 0.05) is 57.6 Å². The highest BCUT2D eigenvalue weighted by atomic mass is 16.5. The number of pyridine rings is 2. The van der Waals surface area contributed by atoms with Crippen LogP contribution in [0.3, 0.4) is 0 Å². The van der Waals surface area contributed by atoms with E-state index < -0.39 is 0 Å². The normalized spacial score (nSPS) is 18.6. The number of hydrogen-bond donors (Lipinski definition) is 1. The van der Waals surface area contributed by atoms with Crippen molar-refractivity contribution in [3.8, 4) is 11.5 Å². The molecule has 0 aliphatic heterocycles. The highest BCUT2D eigenvalue weighted by Gasteiger charge is 2.32. The molecule has 9 heteroatoms. The lowest BCUT2D eigenvalue weighted by Gasteiger charge is -2.35. The van der Waals surface area contributed by atoms with E-state index in [0.29, 0.717) is 47.2 Å². The Bertz CT molecular complexity index is 1600. The monoisotopic (exact) mass is 527 g/mol. The number of ether oxygens (including phenoxy) is 2. The maximum absolute atomic E-state index is 13.5. The number of ketones is 1. The van der Waals surface area contributed by atoms with E-state index in [2.05, 4.69) is 10.3 Å². The number of anilines is 2. The fourth-order valence-electron chi connectivity index (χ4n) is 5.31. The molecule has 0 spiro atoms. The third-order valence-corrected chi connectivity index (χ3v) is 7.79. The van der Waals surface area contributed by atoms with Crippen LogP contribution in [-0.4, -0.2) is 38.1 Å². The second-order valence-electron chi connectivity index (χ2n) is 10.8. The average molecular weight is 528 g/mol. The van der Waals surface area contributed by atoms with E-state index in [9.17, 15) is 9.59 Å². The van der Waals surface area contributed by atoms with Crippen LogP contribution >= 0.6 is 0 Å². The topological polar surface area (TPSA) is 100 Å². The van der Waals surface area contributed by atoms with Crippen molar-refractivity contribution in [1.29, 1.82) is 0 Å². The molecular formula is C30H33N5O4. The van der Waals surface area contributed by atoms with Gasteiger partial charge in [-0.3, -0.25) is 14.6 Å². The van der Waals surface area contributed by atoms with Crippen LogP contribution in [-0.2, 0) is 29.5 Å².